The second kappa shape index (κ2) is 2.60. The Kier molecular flexibility index (Phi) is 1.79. The number of nitrogens with two attached hydrogens (primary N) is 1. The van der Waals surface area contributed by atoms with Gasteiger partial charge in [-0.05, 0) is 10.3 Å². The van der Waals surface area contributed by atoms with E-state index in [1.165, 1.54) is 0 Å². The summed E-state index contributed by atoms with van der Waals surface area (Å²) in [4.78, 5) is 13.9. The standard InChI is InChI=1S/C3H5N5O3/c4-2(6-9)1-3(5)7-11-8(1)10/h1,4,10H,(H2,5,7). The first kappa shape index (κ1) is 7.57. The Bertz CT molecular complexity index is 225. The van der Waals surface area contributed by atoms with Crippen molar-refractivity contribution in [1.29, 1.82) is 5.41 Å². The van der Waals surface area contributed by atoms with Crippen LogP contribution in [0.2, 0.25) is 0 Å². The van der Waals surface area contributed by atoms with E-state index in [0.29, 0.717) is 0 Å². The topological polar surface area (TPSA) is 124 Å². The van der Waals surface area contributed by atoms with Gasteiger partial charge < -0.3 is 5.73 Å². The minimum absolute atomic E-state index is 0.180. The van der Waals surface area contributed by atoms with Gasteiger partial charge >= 0.3 is 0 Å². The number of hydrogen-bond donors (Lipinski definition) is 3. The van der Waals surface area contributed by atoms with Crippen molar-refractivity contribution in [3.63, 3.8) is 0 Å². The maximum absolute atomic E-state index is 9.80. The quantitative estimate of drug-likeness (QED) is 0.257. The summed E-state index contributed by atoms with van der Waals surface area (Å²) in [5.74, 6) is -0.844. The molecule has 4 N–H and O–H groups in total. The molecule has 0 radical (unpaired) electrons. The molecule has 0 bridgehead atoms. The van der Waals surface area contributed by atoms with E-state index in [9.17, 15) is 4.91 Å². The number of nitrogens with one attached hydrogen (secondary N) is 1. The molecule has 60 valence electrons. The molecule has 1 aliphatic heterocycles. The summed E-state index contributed by atoms with van der Waals surface area (Å²) in [6.07, 6.45) is 0. The lowest BCUT2D eigenvalue weighted by molar-refractivity contribution is -0.330. The van der Waals surface area contributed by atoms with Gasteiger partial charge in [-0.25, -0.2) is 0 Å². The molecule has 0 aromatic heterocycles. The van der Waals surface area contributed by atoms with Crippen molar-refractivity contribution in [3.05, 3.63) is 4.91 Å². The summed E-state index contributed by atoms with van der Waals surface area (Å²) < 4.78 is 0. The molecular weight excluding hydrogens is 154 g/mol. The van der Waals surface area contributed by atoms with Crippen LogP contribution in [0.4, 0.5) is 0 Å². The number of rotatable bonds is 1. The molecule has 8 nitrogen and oxygen atoms in total. The first-order chi connectivity index (χ1) is 5.16. The minimum atomic E-state index is -1.19. The Morgan fingerprint density at radius 1 is 2.00 bits per heavy atom. The fourth-order valence-corrected chi connectivity index (χ4v) is 0.594. The van der Waals surface area contributed by atoms with Crippen LogP contribution in [0.5, 0.6) is 0 Å². The molecule has 0 saturated carbocycles. The third kappa shape index (κ3) is 1.16. The monoisotopic (exact) mass is 159 g/mol. The molecule has 1 unspecified atom stereocenters. The molecule has 0 aromatic rings. The fraction of sp³-hybridized carbons (Fsp3) is 0.333. The van der Waals surface area contributed by atoms with Crippen molar-refractivity contribution in [2.45, 2.75) is 6.04 Å². The van der Waals surface area contributed by atoms with Crippen LogP contribution in [0.25, 0.3) is 0 Å². The molecule has 0 saturated heterocycles. The zero-order chi connectivity index (χ0) is 8.43. The first-order valence-electron chi connectivity index (χ1n) is 2.57. The number of hydroxylamine groups is 2. The highest BCUT2D eigenvalue weighted by Crippen LogP contribution is 2.07. The summed E-state index contributed by atoms with van der Waals surface area (Å²) in [5, 5.41) is 21.2. The van der Waals surface area contributed by atoms with Crippen LogP contribution in [-0.4, -0.2) is 28.1 Å². The molecule has 1 rings (SSSR count). The van der Waals surface area contributed by atoms with Crippen molar-refractivity contribution in [3.8, 4) is 0 Å². The maximum atomic E-state index is 9.80. The fourth-order valence-electron chi connectivity index (χ4n) is 0.594. The van der Waals surface area contributed by atoms with Gasteiger partial charge in [0.2, 0.25) is 0 Å². The van der Waals surface area contributed by atoms with Crippen molar-refractivity contribution in [2.75, 3.05) is 0 Å². The lowest BCUT2D eigenvalue weighted by Crippen LogP contribution is -2.41. The van der Waals surface area contributed by atoms with Crippen molar-refractivity contribution in [2.24, 2.45) is 16.1 Å². The van der Waals surface area contributed by atoms with Crippen LogP contribution in [-0.2, 0) is 4.94 Å². The van der Waals surface area contributed by atoms with E-state index in [4.69, 9.17) is 16.4 Å². The zero-order valence-electron chi connectivity index (χ0n) is 5.26. The second-order valence-electron chi connectivity index (χ2n) is 1.78. The Morgan fingerprint density at radius 3 is 3.00 bits per heavy atom. The van der Waals surface area contributed by atoms with E-state index in [-0.39, 0.29) is 11.1 Å². The lowest BCUT2D eigenvalue weighted by atomic mass is 10.3. The third-order valence-electron chi connectivity index (χ3n) is 1.09. The molecule has 11 heavy (non-hydrogen) atoms. The van der Waals surface area contributed by atoms with Crippen molar-refractivity contribution < 1.29 is 10.1 Å². The van der Waals surface area contributed by atoms with E-state index in [1.54, 1.807) is 0 Å². The Morgan fingerprint density at radius 2 is 2.64 bits per heavy atom. The largest absolute Gasteiger partial charge is 0.382 e. The lowest BCUT2D eigenvalue weighted by Gasteiger charge is -2.09. The molecule has 0 amide bonds. The van der Waals surface area contributed by atoms with E-state index >= 15 is 0 Å². The molecule has 0 aromatic carbocycles. The van der Waals surface area contributed by atoms with Gasteiger partial charge in [-0.1, -0.05) is 0 Å². The summed E-state index contributed by atoms with van der Waals surface area (Å²) in [6.45, 7) is 0. The second-order valence-corrected chi connectivity index (χ2v) is 1.78. The molecule has 0 spiro atoms. The van der Waals surface area contributed by atoms with Gasteiger partial charge in [0, 0.05) is 5.23 Å². The smallest absolute Gasteiger partial charge is 0.199 e. The summed E-state index contributed by atoms with van der Waals surface area (Å²) >= 11 is 0. The Labute approximate surface area is 60.6 Å². The van der Waals surface area contributed by atoms with Crippen LogP contribution < -0.4 is 5.73 Å². The highest BCUT2D eigenvalue weighted by atomic mass is 17.0. The Balaban J connectivity index is 2.77. The first-order valence-corrected chi connectivity index (χ1v) is 2.57. The number of nitrogens with zero attached hydrogens (tertiary/aromatic N) is 3. The summed E-state index contributed by atoms with van der Waals surface area (Å²) in [5.41, 5.74) is 5.13. The van der Waals surface area contributed by atoms with Gasteiger partial charge in [0.15, 0.2) is 17.7 Å². The van der Waals surface area contributed by atoms with Crippen molar-refractivity contribution in [1.82, 2.24) is 5.23 Å². The van der Waals surface area contributed by atoms with Crippen molar-refractivity contribution >= 4 is 11.7 Å². The third-order valence-corrected chi connectivity index (χ3v) is 1.09. The molecule has 1 aliphatic rings. The molecule has 8 heteroatoms. The average Bonchev–Trinajstić information content (AvgIpc) is 2.30. The molecule has 0 fully saturated rings. The van der Waals surface area contributed by atoms with E-state index in [0.717, 1.165) is 0 Å². The normalized spacial score (nSPS) is 24.1. The average molecular weight is 159 g/mol. The predicted octanol–water partition coefficient (Wildman–Crippen LogP) is -0.993. The van der Waals surface area contributed by atoms with E-state index in [2.05, 4.69) is 15.3 Å². The summed E-state index contributed by atoms with van der Waals surface area (Å²) in [6, 6.07) is -1.19. The Hall–Kier alpha value is -1.54. The summed E-state index contributed by atoms with van der Waals surface area (Å²) in [7, 11) is 0. The van der Waals surface area contributed by atoms with Gasteiger partial charge in [-0.3, -0.25) is 15.6 Å². The predicted molar refractivity (Wildman–Crippen MR) is 33.6 cm³/mol. The number of amidine groups is 2. The van der Waals surface area contributed by atoms with Gasteiger partial charge in [-0.2, -0.15) is 0 Å². The number of oxime groups is 1. The molecule has 0 aliphatic carbocycles. The number of nitroso groups, excluding NO2 is 1. The highest BCUT2D eigenvalue weighted by Gasteiger charge is 2.34. The van der Waals surface area contributed by atoms with Gasteiger partial charge in [0.1, 0.15) is 0 Å². The molecular formula is C3H5N5O3. The minimum Gasteiger partial charge on any atom is -0.382 e. The highest BCUT2D eigenvalue weighted by molar-refractivity contribution is 6.07. The molecule has 1 atom stereocenters. The maximum Gasteiger partial charge on any atom is 0.199 e. The molecule has 1 heterocycles. The van der Waals surface area contributed by atoms with Crippen LogP contribution in [0, 0.1) is 10.3 Å². The van der Waals surface area contributed by atoms with Gasteiger partial charge in [0.25, 0.3) is 0 Å². The van der Waals surface area contributed by atoms with Gasteiger partial charge in [-0.15, -0.1) is 4.91 Å². The van der Waals surface area contributed by atoms with Crippen LogP contribution in [0.15, 0.2) is 10.3 Å². The van der Waals surface area contributed by atoms with E-state index in [1.807, 2.05) is 0 Å². The number of hydrogen-bond acceptors (Lipinski definition) is 7. The SMILES string of the molecule is N=C(N=O)C1C(N)=NON1O. The van der Waals surface area contributed by atoms with E-state index < -0.39 is 11.9 Å². The van der Waals surface area contributed by atoms with Crippen LogP contribution >= 0.6 is 0 Å². The van der Waals surface area contributed by atoms with Crippen LogP contribution in [0.1, 0.15) is 0 Å². The van der Waals surface area contributed by atoms with Gasteiger partial charge in [0.05, 0.1) is 0 Å². The zero-order valence-corrected chi connectivity index (χ0v) is 5.26. The van der Waals surface area contributed by atoms with Crippen LogP contribution in [0.3, 0.4) is 0 Å².